The number of nitrogens with one attached hydrogen (secondary N) is 1. The second-order valence-electron chi connectivity index (χ2n) is 10.5. The molecule has 1 N–H and O–H groups in total. The summed E-state index contributed by atoms with van der Waals surface area (Å²) >= 11 is 0. The first kappa shape index (κ1) is 24.4. The smallest absolute Gasteiger partial charge is 0.251 e. The molecule has 6 nitrogen and oxygen atoms in total. The minimum atomic E-state index is 0.00508. The number of anilines is 1. The first-order valence-corrected chi connectivity index (χ1v) is 13.3. The standard InChI is InChI=1S/C30H37N5O/c1-22-9-16-35(17-10-22)29-8-6-24(19-32-29)21-34-14-11-27(12-15-34)33-30(36)25-7-5-23(2)28(18-25)26-4-3-13-31-20-26/h3-8,13,18-20,22,27H,9-12,14-17,21H2,1-2H3,(H,33,36). The first-order chi connectivity index (χ1) is 17.5. The summed E-state index contributed by atoms with van der Waals surface area (Å²) in [5.41, 5.74) is 5.19. The van der Waals surface area contributed by atoms with Crippen molar-refractivity contribution >= 4 is 11.7 Å². The highest BCUT2D eigenvalue weighted by Crippen LogP contribution is 2.25. The average molecular weight is 484 g/mol. The lowest BCUT2D eigenvalue weighted by atomic mass is 9.98. The van der Waals surface area contributed by atoms with E-state index in [-0.39, 0.29) is 11.9 Å². The van der Waals surface area contributed by atoms with E-state index < -0.39 is 0 Å². The minimum Gasteiger partial charge on any atom is -0.357 e. The Morgan fingerprint density at radius 2 is 1.81 bits per heavy atom. The molecule has 2 saturated heterocycles. The van der Waals surface area contributed by atoms with Crippen molar-refractivity contribution in [2.45, 2.75) is 52.1 Å². The number of nitrogens with zero attached hydrogens (tertiary/aromatic N) is 4. The first-order valence-electron chi connectivity index (χ1n) is 13.3. The Morgan fingerprint density at radius 1 is 1.00 bits per heavy atom. The van der Waals surface area contributed by atoms with E-state index in [0.29, 0.717) is 5.56 Å². The van der Waals surface area contributed by atoms with Crippen molar-refractivity contribution in [1.82, 2.24) is 20.2 Å². The van der Waals surface area contributed by atoms with E-state index in [1.54, 1.807) is 6.20 Å². The van der Waals surface area contributed by atoms with Crippen molar-refractivity contribution < 1.29 is 4.79 Å². The number of hydrogen-bond donors (Lipinski definition) is 1. The van der Waals surface area contributed by atoms with E-state index in [1.807, 2.05) is 42.7 Å². The number of aromatic nitrogens is 2. The number of likely N-dealkylation sites (tertiary alicyclic amines) is 1. The van der Waals surface area contributed by atoms with Gasteiger partial charge in [-0.05, 0) is 79.5 Å². The fraction of sp³-hybridized carbons (Fsp3) is 0.433. The van der Waals surface area contributed by atoms with Gasteiger partial charge in [0.2, 0.25) is 0 Å². The third kappa shape index (κ3) is 5.93. The zero-order valence-electron chi connectivity index (χ0n) is 21.5. The van der Waals surface area contributed by atoms with Crippen molar-refractivity contribution in [1.29, 1.82) is 0 Å². The Balaban J connectivity index is 1.11. The second-order valence-corrected chi connectivity index (χ2v) is 10.5. The molecule has 36 heavy (non-hydrogen) atoms. The highest BCUT2D eigenvalue weighted by molar-refractivity contribution is 5.96. The molecule has 1 amide bonds. The third-order valence-corrected chi connectivity index (χ3v) is 7.72. The molecule has 0 bridgehead atoms. The fourth-order valence-electron chi connectivity index (χ4n) is 5.29. The van der Waals surface area contributed by atoms with Crippen molar-refractivity contribution in [3.05, 3.63) is 77.7 Å². The van der Waals surface area contributed by atoms with Gasteiger partial charge in [-0.3, -0.25) is 14.7 Å². The molecule has 188 valence electrons. The summed E-state index contributed by atoms with van der Waals surface area (Å²) in [5, 5.41) is 3.27. The van der Waals surface area contributed by atoms with E-state index in [9.17, 15) is 4.79 Å². The van der Waals surface area contributed by atoms with Gasteiger partial charge in [0.1, 0.15) is 5.82 Å². The van der Waals surface area contributed by atoms with Crippen LogP contribution in [0.25, 0.3) is 11.1 Å². The van der Waals surface area contributed by atoms with Crippen LogP contribution in [0.1, 0.15) is 54.1 Å². The van der Waals surface area contributed by atoms with Crippen LogP contribution >= 0.6 is 0 Å². The number of benzene rings is 1. The van der Waals surface area contributed by atoms with Gasteiger partial charge < -0.3 is 10.2 Å². The molecular weight excluding hydrogens is 446 g/mol. The molecule has 0 radical (unpaired) electrons. The molecule has 4 heterocycles. The Hall–Kier alpha value is -3.25. The average Bonchev–Trinajstić information content (AvgIpc) is 2.91. The molecule has 0 atom stereocenters. The number of carbonyl (C=O) groups is 1. The molecular formula is C30H37N5O. The maximum absolute atomic E-state index is 13.0. The molecule has 0 unspecified atom stereocenters. The number of pyridine rings is 2. The highest BCUT2D eigenvalue weighted by Gasteiger charge is 2.22. The molecule has 2 aromatic heterocycles. The maximum Gasteiger partial charge on any atom is 0.251 e. The molecule has 2 aliphatic heterocycles. The Labute approximate surface area is 214 Å². The van der Waals surface area contributed by atoms with Crippen molar-refractivity contribution in [2.24, 2.45) is 5.92 Å². The predicted octanol–water partition coefficient (Wildman–Crippen LogP) is 5.08. The van der Waals surface area contributed by atoms with Crippen LogP contribution in [0, 0.1) is 12.8 Å². The summed E-state index contributed by atoms with van der Waals surface area (Å²) in [7, 11) is 0. The van der Waals surface area contributed by atoms with Crippen LogP contribution in [0.15, 0.2) is 61.1 Å². The number of hydrogen-bond acceptors (Lipinski definition) is 5. The van der Waals surface area contributed by atoms with Gasteiger partial charge in [-0.2, -0.15) is 0 Å². The summed E-state index contributed by atoms with van der Waals surface area (Å²) < 4.78 is 0. The Kier molecular flexibility index (Phi) is 7.61. The van der Waals surface area contributed by atoms with Crippen LogP contribution in [0.3, 0.4) is 0 Å². The molecule has 0 spiro atoms. The van der Waals surface area contributed by atoms with Gasteiger partial charge in [0.15, 0.2) is 0 Å². The summed E-state index contributed by atoms with van der Waals surface area (Å²) in [5.74, 6) is 1.94. The van der Waals surface area contributed by atoms with E-state index in [4.69, 9.17) is 4.98 Å². The topological polar surface area (TPSA) is 61.4 Å². The van der Waals surface area contributed by atoms with E-state index in [0.717, 1.165) is 74.0 Å². The van der Waals surface area contributed by atoms with Crippen LogP contribution in [-0.4, -0.2) is 53.0 Å². The summed E-state index contributed by atoms with van der Waals surface area (Å²) in [4.78, 5) is 26.9. The van der Waals surface area contributed by atoms with Crippen molar-refractivity contribution in [2.75, 3.05) is 31.1 Å². The SMILES string of the molecule is Cc1ccc(C(=O)NC2CCN(Cc3ccc(N4CCC(C)CC4)nc3)CC2)cc1-c1cccnc1. The molecule has 6 heteroatoms. The van der Waals surface area contributed by atoms with Crippen molar-refractivity contribution in [3.8, 4) is 11.1 Å². The summed E-state index contributed by atoms with van der Waals surface area (Å²) in [6.07, 6.45) is 10.1. The molecule has 0 saturated carbocycles. The van der Waals surface area contributed by atoms with Gasteiger partial charge in [-0.25, -0.2) is 4.98 Å². The molecule has 1 aromatic carbocycles. The fourth-order valence-corrected chi connectivity index (χ4v) is 5.29. The van der Waals surface area contributed by atoms with Crippen LogP contribution in [-0.2, 0) is 6.54 Å². The number of rotatable bonds is 6. The number of piperidine rings is 2. The summed E-state index contributed by atoms with van der Waals surface area (Å²) in [6.45, 7) is 9.50. The van der Waals surface area contributed by atoms with E-state index in [1.165, 1.54) is 18.4 Å². The van der Waals surface area contributed by atoms with Crippen LogP contribution in [0.4, 0.5) is 5.82 Å². The van der Waals surface area contributed by atoms with Crippen LogP contribution in [0.2, 0.25) is 0 Å². The number of amides is 1. The lowest BCUT2D eigenvalue weighted by Crippen LogP contribution is -2.44. The van der Waals surface area contributed by atoms with Crippen LogP contribution < -0.4 is 10.2 Å². The third-order valence-electron chi connectivity index (χ3n) is 7.72. The largest absolute Gasteiger partial charge is 0.357 e. The van der Waals surface area contributed by atoms with Gasteiger partial charge in [-0.1, -0.05) is 25.1 Å². The minimum absolute atomic E-state index is 0.00508. The molecule has 3 aromatic rings. The molecule has 5 rings (SSSR count). The van der Waals surface area contributed by atoms with Crippen LogP contribution in [0.5, 0.6) is 0 Å². The maximum atomic E-state index is 13.0. The van der Waals surface area contributed by atoms with Gasteiger partial charge in [0, 0.05) is 68.5 Å². The quantitative estimate of drug-likeness (QED) is 0.530. The van der Waals surface area contributed by atoms with E-state index >= 15 is 0 Å². The van der Waals surface area contributed by atoms with E-state index in [2.05, 4.69) is 46.1 Å². The monoisotopic (exact) mass is 483 g/mol. The molecule has 2 fully saturated rings. The van der Waals surface area contributed by atoms with Gasteiger partial charge in [0.25, 0.3) is 5.91 Å². The lowest BCUT2D eigenvalue weighted by Gasteiger charge is -2.33. The highest BCUT2D eigenvalue weighted by atomic mass is 16.1. The van der Waals surface area contributed by atoms with Gasteiger partial charge >= 0.3 is 0 Å². The Bertz CT molecular complexity index is 1150. The van der Waals surface area contributed by atoms with Gasteiger partial charge in [-0.15, -0.1) is 0 Å². The number of carbonyl (C=O) groups excluding carboxylic acids is 1. The molecule has 2 aliphatic rings. The number of aryl methyl sites for hydroxylation is 1. The lowest BCUT2D eigenvalue weighted by molar-refractivity contribution is 0.0909. The summed E-state index contributed by atoms with van der Waals surface area (Å²) in [6, 6.07) is 14.5. The molecule has 0 aliphatic carbocycles. The zero-order valence-corrected chi connectivity index (χ0v) is 21.5. The normalized spacial score (nSPS) is 17.8. The zero-order chi connectivity index (χ0) is 24.9. The van der Waals surface area contributed by atoms with Gasteiger partial charge in [0.05, 0.1) is 0 Å². The van der Waals surface area contributed by atoms with Crippen molar-refractivity contribution in [3.63, 3.8) is 0 Å². The predicted molar refractivity (Wildman–Crippen MR) is 145 cm³/mol. The Morgan fingerprint density at radius 3 is 2.50 bits per heavy atom. The second kappa shape index (κ2) is 11.2.